The van der Waals surface area contributed by atoms with E-state index in [0.717, 1.165) is 36.0 Å². The van der Waals surface area contributed by atoms with Gasteiger partial charge in [0.15, 0.2) is 9.84 Å². The van der Waals surface area contributed by atoms with Gasteiger partial charge >= 0.3 is 0 Å². The lowest BCUT2D eigenvalue weighted by Gasteiger charge is -2.05. The molecule has 1 aliphatic carbocycles. The van der Waals surface area contributed by atoms with Gasteiger partial charge in [0.25, 0.3) is 0 Å². The Labute approximate surface area is 170 Å². The first-order valence-electron chi connectivity index (χ1n) is 9.02. The molecule has 3 aromatic rings. The third kappa shape index (κ3) is 4.27. The van der Waals surface area contributed by atoms with Crippen molar-refractivity contribution >= 4 is 22.2 Å². The van der Waals surface area contributed by atoms with Crippen LogP contribution in [0.3, 0.4) is 0 Å². The van der Waals surface area contributed by atoms with E-state index in [2.05, 4.69) is 10.1 Å². The monoisotopic (exact) mass is 419 g/mol. The average molecular weight is 420 g/mol. The zero-order valence-corrected chi connectivity index (χ0v) is 16.9. The molecule has 0 saturated carbocycles. The highest BCUT2D eigenvalue weighted by Crippen LogP contribution is 2.25. The number of nitrogens with zero attached hydrogens (tertiary/aromatic N) is 2. The molecule has 0 spiro atoms. The predicted octanol–water partition coefficient (Wildman–Crippen LogP) is 3.12. The van der Waals surface area contributed by atoms with Crippen LogP contribution in [-0.2, 0) is 35.6 Å². The number of aromatic nitrogens is 2. The minimum atomic E-state index is -3.39. The maximum Gasteiger partial charge on any atom is 0.227 e. The second-order valence-corrected chi connectivity index (χ2v) is 8.87. The lowest BCUT2D eigenvalue weighted by Crippen LogP contribution is -2.10. The van der Waals surface area contributed by atoms with E-state index in [1.54, 1.807) is 6.07 Å². The zero-order chi connectivity index (χ0) is 18.9. The summed E-state index contributed by atoms with van der Waals surface area (Å²) in [6, 6.07) is 13.0. The van der Waals surface area contributed by atoms with Crippen LogP contribution in [0.2, 0.25) is 0 Å². The van der Waals surface area contributed by atoms with Crippen LogP contribution in [0.25, 0.3) is 11.4 Å². The van der Waals surface area contributed by atoms with Crippen LogP contribution >= 0.6 is 12.4 Å². The smallest absolute Gasteiger partial charge is 0.227 e. The van der Waals surface area contributed by atoms with Gasteiger partial charge in [-0.3, -0.25) is 0 Å². The number of benzene rings is 2. The fourth-order valence-corrected chi connectivity index (χ4v) is 4.62. The van der Waals surface area contributed by atoms with E-state index < -0.39 is 9.84 Å². The number of sulfone groups is 1. The van der Waals surface area contributed by atoms with Gasteiger partial charge in [-0.25, -0.2) is 8.42 Å². The molecule has 4 rings (SSSR count). The Balaban J connectivity index is 0.00000225. The van der Waals surface area contributed by atoms with E-state index in [0.29, 0.717) is 23.2 Å². The van der Waals surface area contributed by atoms with Crippen molar-refractivity contribution in [3.05, 3.63) is 65.0 Å². The Morgan fingerprint density at radius 3 is 2.54 bits per heavy atom. The van der Waals surface area contributed by atoms with Crippen LogP contribution in [0.1, 0.15) is 29.0 Å². The standard InChI is InChI=1S/C20H21N3O3S.ClH/c21-13-14-4-6-16(7-5-14)20-22-19(26-23-20)10-11-27(24,25)18-9-8-15-2-1-3-17(15)12-18;/h4-9,12H,1-3,10-11,13,21H2;1H. The van der Waals surface area contributed by atoms with Gasteiger partial charge in [0.2, 0.25) is 11.7 Å². The average Bonchev–Trinajstić information content (AvgIpc) is 3.35. The minimum Gasteiger partial charge on any atom is -0.339 e. The lowest BCUT2D eigenvalue weighted by molar-refractivity contribution is 0.382. The van der Waals surface area contributed by atoms with Crippen LogP contribution in [-0.4, -0.2) is 24.3 Å². The molecular weight excluding hydrogens is 398 g/mol. The summed E-state index contributed by atoms with van der Waals surface area (Å²) < 4.78 is 30.5. The molecule has 1 aromatic heterocycles. The molecule has 0 fully saturated rings. The number of aryl methyl sites for hydroxylation is 3. The Bertz CT molecular complexity index is 1060. The van der Waals surface area contributed by atoms with Crippen molar-refractivity contribution in [3.8, 4) is 11.4 Å². The first-order valence-corrected chi connectivity index (χ1v) is 10.7. The number of halogens is 1. The van der Waals surface area contributed by atoms with E-state index in [4.69, 9.17) is 10.3 Å². The topological polar surface area (TPSA) is 99.1 Å². The molecule has 1 aliphatic rings. The number of hydrogen-bond acceptors (Lipinski definition) is 6. The summed E-state index contributed by atoms with van der Waals surface area (Å²) in [6.45, 7) is 0.471. The molecule has 2 aromatic carbocycles. The molecule has 148 valence electrons. The van der Waals surface area contributed by atoms with Crippen molar-refractivity contribution in [2.75, 3.05) is 5.75 Å². The lowest BCUT2D eigenvalue weighted by atomic mass is 10.1. The normalized spacial score (nSPS) is 13.2. The summed E-state index contributed by atoms with van der Waals surface area (Å²) in [7, 11) is -3.39. The maximum absolute atomic E-state index is 12.7. The summed E-state index contributed by atoms with van der Waals surface area (Å²) in [4.78, 5) is 4.69. The van der Waals surface area contributed by atoms with Crippen LogP contribution in [0.15, 0.2) is 51.9 Å². The first-order chi connectivity index (χ1) is 13.0. The Morgan fingerprint density at radius 1 is 1.04 bits per heavy atom. The van der Waals surface area contributed by atoms with Crippen LogP contribution in [0, 0.1) is 0 Å². The molecular formula is C20H22ClN3O3S. The van der Waals surface area contributed by atoms with Crippen LogP contribution < -0.4 is 5.73 Å². The molecule has 0 atom stereocenters. The van der Waals surface area contributed by atoms with Gasteiger partial charge < -0.3 is 10.3 Å². The number of nitrogens with two attached hydrogens (primary N) is 1. The summed E-state index contributed by atoms with van der Waals surface area (Å²) >= 11 is 0. The third-order valence-electron chi connectivity index (χ3n) is 4.93. The van der Waals surface area contributed by atoms with Crippen molar-refractivity contribution in [1.82, 2.24) is 10.1 Å². The highest BCUT2D eigenvalue weighted by atomic mass is 35.5. The van der Waals surface area contributed by atoms with Crippen LogP contribution in [0.5, 0.6) is 0 Å². The molecule has 0 saturated heterocycles. The molecule has 0 radical (unpaired) electrons. The van der Waals surface area contributed by atoms with Crippen molar-refractivity contribution in [3.63, 3.8) is 0 Å². The van der Waals surface area contributed by atoms with E-state index in [1.165, 1.54) is 5.56 Å². The van der Waals surface area contributed by atoms with Crippen molar-refractivity contribution in [2.45, 2.75) is 37.1 Å². The summed E-state index contributed by atoms with van der Waals surface area (Å²) in [5.41, 5.74) is 9.83. The van der Waals surface area contributed by atoms with E-state index >= 15 is 0 Å². The fourth-order valence-electron chi connectivity index (χ4n) is 3.34. The summed E-state index contributed by atoms with van der Waals surface area (Å²) in [5, 5.41) is 3.95. The number of rotatable bonds is 6. The number of hydrogen-bond donors (Lipinski definition) is 1. The summed E-state index contributed by atoms with van der Waals surface area (Å²) in [6.07, 6.45) is 3.27. The van der Waals surface area contributed by atoms with Gasteiger partial charge in [-0.1, -0.05) is 35.5 Å². The Hall–Kier alpha value is -2.22. The van der Waals surface area contributed by atoms with E-state index in [9.17, 15) is 8.42 Å². The molecule has 0 aliphatic heterocycles. The maximum atomic E-state index is 12.7. The van der Waals surface area contributed by atoms with Gasteiger partial charge in [-0.2, -0.15) is 4.98 Å². The highest BCUT2D eigenvalue weighted by molar-refractivity contribution is 7.91. The molecule has 6 nitrogen and oxygen atoms in total. The van der Waals surface area contributed by atoms with Crippen molar-refractivity contribution in [1.29, 1.82) is 0 Å². The van der Waals surface area contributed by atoms with Gasteiger partial charge in [-0.05, 0) is 48.1 Å². The first kappa shape index (κ1) is 20.5. The van der Waals surface area contributed by atoms with Crippen LogP contribution in [0.4, 0.5) is 0 Å². The van der Waals surface area contributed by atoms with E-state index in [-0.39, 0.29) is 24.6 Å². The molecule has 1 heterocycles. The predicted molar refractivity (Wildman–Crippen MR) is 109 cm³/mol. The Kier molecular flexibility index (Phi) is 6.17. The van der Waals surface area contributed by atoms with Crippen molar-refractivity contribution < 1.29 is 12.9 Å². The molecule has 0 bridgehead atoms. The molecule has 0 amide bonds. The van der Waals surface area contributed by atoms with Crippen molar-refractivity contribution in [2.24, 2.45) is 5.73 Å². The third-order valence-corrected chi connectivity index (χ3v) is 6.64. The highest BCUT2D eigenvalue weighted by Gasteiger charge is 2.20. The van der Waals surface area contributed by atoms with Gasteiger partial charge in [-0.15, -0.1) is 12.4 Å². The van der Waals surface area contributed by atoms with Gasteiger partial charge in [0.05, 0.1) is 10.6 Å². The zero-order valence-electron chi connectivity index (χ0n) is 15.3. The summed E-state index contributed by atoms with van der Waals surface area (Å²) in [5.74, 6) is 0.709. The quantitative estimate of drug-likeness (QED) is 0.659. The Morgan fingerprint density at radius 2 is 1.79 bits per heavy atom. The molecule has 8 heteroatoms. The minimum absolute atomic E-state index is 0. The molecule has 0 unspecified atom stereocenters. The van der Waals surface area contributed by atoms with Gasteiger partial charge in [0.1, 0.15) is 0 Å². The molecule has 28 heavy (non-hydrogen) atoms. The fraction of sp³-hybridized carbons (Fsp3) is 0.300. The second kappa shape index (κ2) is 8.43. The van der Waals surface area contributed by atoms with E-state index in [1.807, 2.05) is 36.4 Å². The second-order valence-electron chi connectivity index (χ2n) is 6.77. The largest absolute Gasteiger partial charge is 0.339 e. The SMILES string of the molecule is Cl.NCc1ccc(-c2noc(CCS(=O)(=O)c3ccc4c(c3)CCC4)n2)cc1. The molecule has 2 N–H and O–H groups in total. The number of fused-ring (bicyclic) bond motifs is 1. The van der Waals surface area contributed by atoms with Gasteiger partial charge in [0, 0.05) is 18.5 Å².